The highest BCUT2D eigenvalue weighted by Crippen LogP contribution is 2.33. The fourth-order valence-corrected chi connectivity index (χ4v) is 3.19. The fourth-order valence-electron chi connectivity index (χ4n) is 3.19. The minimum absolute atomic E-state index is 0.0325. The Morgan fingerprint density at radius 3 is 2.57 bits per heavy atom. The smallest absolute Gasteiger partial charge is 0.306 e. The van der Waals surface area contributed by atoms with Crippen molar-refractivity contribution in [1.82, 2.24) is 5.32 Å². The Morgan fingerprint density at radius 1 is 1.29 bits per heavy atom. The predicted molar refractivity (Wildman–Crippen MR) is 82.8 cm³/mol. The average molecular weight is 298 g/mol. The van der Waals surface area contributed by atoms with Gasteiger partial charge in [-0.05, 0) is 37.5 Å². The van der Waals surface area contributed by atoms with Crippen molar-refractivity contribution in [3.8, 4) is 0 Å². The molecular weight excluding hydrogens is 268 g/mol. The molecule has 0 aliphatic heterocycles. The second kappa shape index (κ2) is 9.03. The third-order valence-electron chi connectivity index (χ3n) is 4.57. The standard InChI is InChI=1S/C16H30N2O3/c1-11(10-18-12(2)19)6-4-3-5-7-13-8-14(16(20)21)9-15(13)17/h11,13-15H,3-10,17H2,1-2H3,(H,18,19)(H,20,21). The number of carboxylic acids is 1. The molecule has 1 saturated carbocycles. The van der Waals surface area contributed by atoms with Crippen LogP contribution in [0.15, 0.2) is 0 Å². The summed E-state index contributed by atoms with van der Waals surface area (Å²) in [6.45, 7) is 4.45. The number of carbonyl (C=O) groups is 2. The van der Waals surface area contributed by atoms with Gasteiger partial charge in [0.25, 0.3) is 0 Å². The summed E-state index contributed by atoms with van der Waals surface area (Å²) in [6.07, 6.45) is 6.98. The average Bonchev–Trinajstić information content (AvgIpc) is 2.78. The molecule has 0 radical (unpaired) electrons. The summed E-state index contributed by atoms with van der Waals surface area (Å²) in [7, 11) is 0. The zero-order valence-electron chi connectivity index (χ0n) is 13.3. The highest BCUT2D eigenvalue weighted by molar-refractivity contribution is 5.72. The van der Waals surface area contributed by atoms with Gasteiger partial charge in [-0.15, -0.1) is 0 Å². The van der Waals surface area contributed by atoms with Crippen molar-refractivity contribution in [2.75, 3.05) is 6.54 Å². The van der Waals surface area contributed by atoms with Crippen molar-refractivity contribution in [2.45, 2.75) is 64.8 Å². The molecule has 1 amide bonds. The van der Waals surface area contributed by atoms with Crippen LogP contribution in [0.25, 0.3) is 0 Å². The van der Waals surface area contributed by atoms with Gasteiger partial charge in [0, 0.05) is 19.5 Å². The first-order valence-electron chi connectivity index (χ1n) is 8.13. The molecule has 122 valence electrons. The topological polar surface area (TPSA) is 92.4 Å². The van der Waals surface area contributed by atoms with E-state index in [2.05, 4.69) is 12.2 Å². The van der Waals surface area contributed by atoms with Gasteiger partial charge in [-0.1, -0.05) is 26.2 Å². The fraction of sp³-hybridized carbons (Fsp3) is 0.875. The van der Waals surface area contributed by atoms with E-state index in [1.165, 1.54) is 0 Å². The molecule has 5 heteroatoms. The predicted octanol–water partition coefficient (Wildman–Crippen LogP) is 2.15. The number of amides is 1. The van der Waals surface area contributed by atoms with E-state index in [0.29, 0.717) is 18.3 Å². The third-order valence-corrected chi connectivity index (χ3v) is 4.57. The van der Waals surface area contributed by atoms with Crippen LogP contribution in [0.3, 0.4) is 0 Å². The molecule has 1 rings (SSSR count). The van der Waals surface area contributed by atoms with Gasteiger partial charge in [0.2, 0.25) is 5.91 Å². The minimum Gasteiger partial charge on any atom is -0.481 e. The zero-order chi connectivity index (χ0) is 15.8. The summed E-state index contributed by atoms with van der Waals surface area (Å²) in [5.41, 5.74) is 6.03. The zero-order valence-corrected chi connectivity index (χ0v) is 13.3. The van der Waals surface area contributed by atoms with E-state index >= 15 is 0 Å². The highest BCUT2D eigenvalue weighted by atomic mass is 16.4. The number of rotatable bonds is 9. The normalized spacial score (nSPS) is 26.5. The van der Waals surface area contributed by atoms with E-state index in [0.717, 1.165) is 45.1 Å². The van der Waals surface area contributed by atoms with E-state index in [1.807, 2.05) is 0 Å². The van der Waals surface area contributed by atoms with E-state index in [4.69, 9.17) is 10.8 Å². The summed E-state index contributed by atoms with van der Waals surface area (Å²) >= 11 is 0. The van der Waals surface area contributed by atoms with Crippen molar-refractivity contribution in [1.29, 1.82) is 0 Å². The number of nitrogens with two attached hydrogens (primary N) is 1. The van der Waals surface area contributed by atoms with Crippen molar-refractivity contribution < 1.29 is 14.7 Å². The second-order valence-electron chi connectivity index (χ2n) is 6.61. The SMILES string of the molecule is CC(=O)NCC(C)CCCCCC1CC(C(=O)O)CC1N. The molecule has 1 fully saturated rings. The van der Waals surface area contributed by atoms with Crippen LogP contribution in [-0.4, -0.2) is 29.6 Å². The van der Waals surface area contributed by atoms with Crippen molar-refractivity contribution in [3.05, 3.63) is 0 Å². The Labute approximate surface area is 127 Å². The maximum Gasteiger partial charge on any atom is 0.306 e. The summed E-state index contributed by atoms with van der Waals surface area (Å²) in [6, 6.07) is 0.0600. The first-order chi connectivity index (χ1) is 9.90. The first-order valence-corrected chi connectivity index (χ1v) is 8.13. The molecule has 4 N–H and O–H groups in total. The van der Waals surface area contributed by atoms with Crippen molar-refractivity contribution in [2.24, 2.45) is 23.5 Å². The van der Waals surface area contributed by atoms with Crippen LogP contribution in [0, 0.1) is 17.8 Å². The molecule has 1 aliphatic carbocycles. The molecule has 0 aromatic heterocycles. The number of carbonyl (C=O) groups excluding carboxylic acids is 1. The van der Waals surface area contributed by atoms with E-state index < -0.39 is 5.97 Å². The minimum atomic E-state index is -0.695. The number of carboxylic acid groups (broad SMARTS) is 1. The van der Waals surface area contributed by atoms with Gasteiger partial charge in [-0.25, -0.2) is 0 Å². The Balaban J connectivity index is 2.06. The van der Waals surface area contributed by atoms with Crippen LogP contribution < -0.4 is 11.1 Å². The monoisotopic (exact) mass is 298 g/mol. The summed E-state index contributed by atoms with van der Waals surface area (Å²) in [5.74, 6) is -0.00518. The van der Waals surface area contributed by atoms with Crippen LogP contribution in [-0.2, 0) is 9.59 Å². The van der Waals surface area contributed by atoms with Crippen molar-refractivity contribution >= 4 is 11.9 Å². The van der Waals surface area contributed by atoms with Gasteiger partial charge in [0.15, 0.2) is 0 Å². The summed E-state index contributed by atoms with van der Waals surface area (Å²) < 4.78 is 0. The molecule has 5 nitrogen and oxygen atoms in total. The van der Waals surface area contributed by atoms with Crippen LogP contribution in [0.4, 0.5) is 0 Å². The lowest BCUT2D eigenvalue weighted by atomic mass is 9.94. The quantitative estimate of drug-likeness (QED) is 0.569. The molecule has 4 unspecified atom stereocenters. The number of aliphatic carboxylic acids is 1. The van der Waals surface area contributed by atoms with Gasteiger partial charge >= 0.3 is 5.97 Å². The van der Waals surface area contributed by atoms with E-state index in [1.54, 1.807) is 6.92 Å². The molecule has 0 spiro atoms. The van der Waals surface area contributed by atoms with Crippen LogP contribution >= 0.6 is 0 Å². The van der Waals surface area contributed by atoms with Crippen molar-refractivity contribution in [3.63, 3.8) is 0 Å². The number of nitrogens with one attached hydrogen (secondary N) is 1. The van der Waals surface area contributed by atoms with Gasteiger partial charge in [0.05, 0.1) is 5.92 Å². The third kappa shape index (κ3) is 6.93. The molecule has 0 aromatic rings. The van der Waals surface area contributed by atoms with Crippen LogP contribution in [0.5, 0.6) is 0 Å². The van der Waals surface area contributed by atoms with Gasteiger partial charge < -0.3 is 16.2 Å². The summed E-state index contributed by atoms with van der Waals surface area (Å²) in [5, 5.41) is 11.9. The van der Waals surface area contributed by atoms with Crippen LogP contribution in [0.2, 0.25) is 0 Å². The largest absolute Gasteiger partial charge is 0.481 e. The Morgan fingerprint density at radius 2 is 2.00 bits per heavy atom. The van der Waals surface area contributed by atoms with Gasteiger partial charge in [0.1, 0.15) is 0 Å². The molecule has 0 heterocycles. The van der Waals surface area contributed by atoms with E-state index in [9.17, 15) is 9.59 Å². The molecule has 0 aromatic carbocycles. The maximum absolute atomic E-state index is 11.0. The highest BCUT2D eigenvalue weighted by Gasteiger charge is 2.35. The molecular formula is C16H30N2O3. The molecule has 1 aliphatic rings. The lowest BCUT2D eigenvalue weighted by Crippen LogP contribution is -2.25. The van der Waals surface area contributed by atoms with Crippen LogP contribution in [0.1, 0.15) is 58.8 Å². The Kier molecular flexibility index (Phi) is 7.72. The molecule has 4 atom stereocenters. The number of unbranched alkanes of at least 4 members (excludes halogenated alkanes) is 2. The van der Waals surface area contributed by atoms with E-state index in [-0.39, 0.29) is 17.9 Å². The summed E-state index contributed by atoms with van der Waals surface area (Å²) in [4.78, 5) is 21.8. The number of hydrogen-bond acceptors (Lipinski definition) is 3. The number of hydrogen-bond donors (Lipinski definition) is 3. The van der Waals surface area contributed by atoms with Gasteiger partial charge in [-0.3, -0.25) is 9.59 Å². The lowest BCUT2D eigenvalue weighted by molar-refractivity contribution is -0.141. The Bertz CT molecular complexity index is 346. The maximum atomic E-state index is 11.0. The molecule has 0 bridgehead atoms. The van der Waals surface area contributed by atoms with Gasteiger partial charge in [-0.2, -0.15) is 0 Å². The Hall–Kier alpha value is -1.10. The lowest BCUT2D eigenvalue weighted by Gasteiger charge is -2.15. The second-order valence-corrected chi connectivity index (χ2v) is 6.61. The molecule has 21 heavy (non-hydrogen) atoms. The first kappa shape index (κ1) is 18.0. The molecule has 0 saturated heterocycles.